The number of carbonyl (C=O) groups excluding carboxylic acids is 1. The SMILES string of the molecule is CN1C(=O)c2ccccc2[C@@H](CO)[C@@H]1c1cn(C)c2ccccc12. The van der Waals surface area contributed by atoms with Crippen LogP contribution in [0.4, 0.5) is 0 Å². The van der Waals surface area contributed by atoms with E-state index in [0.717, 1.165) is 22.0 Å². The third-order valence-electron chi connectivity index (χ3n) is 5.15. The van der Waals surface area contributed by atoms with Crippen LogP contribution in [0.2, 0.25) is 0 Å². The lowest BCUT2D eigenvalue weighted by molar-refractivity contribution is 0.0634. The number of carbonyl (C=O) groups is 1. The standard InChI is InChI=1S/C20H20N2O2/c1-21-11-16(14-8-5-6-10-18(14)21)19-17(12-23)13-7-3-4-9-15(13)20(24)22(19)2/h3-11,17,19,23H,12H2,1-2H3/t17-,19+/m1/s1. The minimum absolute atomic E-state index is 0.00250. The molecule has 3 aromatic rings. The van der Waals surface area contributed by atoms with Crippen LogP contribution in [0.3, 0.4) is 0 Å². The van der Waals surface area contributed by atoms with E-state index < -0.39 is 0 Å². The number of benzene rings is 2. The van der Waals surface area contributed by atoms with E-state index in [4.69, 9.17) is 0 Å². The highest BCUT2D eigenvalue weighted by atomic mass is 16.3. The summed E-state index contributed by atoms with van der Waals surface area (Å²) >= 11 is 0. The summed E-state index contributed by atoms with van der Waals surface area (Å²) in [5, 5.41) is 11.2. The number of hydrogen-bond donors (Lipinski definition) is 1. The van der Waals surface area contributed by atoms with Crippen molar-refractivity contribution >= 4 is 16.8 Å². The van der Waals surface area contributed by atoms with E-state index in [9.17, 15) is 9.90 Å². The van der Waals surface area contributed by atoms with Crippen molar-refractivity contribution in [2.75, 3.05) is 13.7 Å². The molecule has 4 nitrogen and oxygen atoms in total. The van der Waals surface area contributed by atoms with Crippen molar-refractivity contribution in [1.29, 1.82) is 0 Å². The summed E-state index contributed by atoms with van der Waals surface area (Å²) < 4.78 is 2.08. The number of nitrogens with zero attached hydrogens (tertiary/aromatic N) is 2. The Morgan fingerprint density at radius 3 is 2.50 bits per heavy atom. The van der Waals surface area contributed by atoms with Gasteiger partial charge in [0.15, 0.2) is 0 Å². The lowest BCUT2D eigenvalue weighted by atomic mass is 9.80. The monoisotopic (exact) mass is 320 g/mol. The van der Waals surface area contributed by atoms with Gasteiger partial charge in [0.2, 0.25) is 0 Å². The Morgan fingerprint density at radius 2 is 1.71 bits per heavy atom. The maximum Gasteiger partial charge on any atom is 0.254 e. The lowest BCUT2D eigenvalue weighted by Crippen LogP contribution is -2.41. The highest BCUT2D eigenvalue weighted by Crippen LogP contribution is 2.43. The number of para-hydroxylation sites is 1. The molecule has 1 N–H and O–H groups in total. The minimum Gasteiger partial charge on any atom is -0.396 e. The quantitative estimate of drug-likeness (QED) is 0.789. The van der Waals surface area contributed by atoms with Gasteiger partial charge < -0.3 is 14.6 Å². The van der Waals surface area contributed by atoms with E-state index in [1.165, 1.54) is 0 Å². The zero-order valence-corrected chi connectivity index (χ0v) is 13.8. The Labute approximate surface area is 140 Å². The Morgan fingerprint density at radius 1 is 1.00 bits per heavy atom. The largest absolute Gasteiger partial charge is 0.396 e. The Kier molecular flexibility index (Phi) is 3.43. The average molecular weight is 320 g/mol. The predicted octanol–water partition coefficient (Wildman–Crippen LogP) is 3.08. The van der Waals surface area contributed by atoms with Crippen LogP contribution in [0.15, 0.2) is 54.7 Å². The van der Waals surface area contributed by atoms with E-state index in [1.54, 1.807) is 4.90 Å². The first-order valence-electron chi connectivity index (χ1n) is 8.14. The summed E-state index contributed by atoms with van der Waals surface area (Å²) in [5.74, 6) is -0.122. The number of aryl methyl sites for hydroxylation is 1. The molecule has 0 aliphatic carbocycles. The van der Waals surface area contributed by atoms with Gasteiger partial charge in [0.1, 0.15) is 0 Å². The van der Waals surface area contributed by atoms with Gasteiger partial charge in [-0.3, -0.25) is 4.79 Å². The molecule has 1 aliphatic rings. The number of rotatable bonds is 2. The first-order valence-corrected chi connectivity index (χ1v) is 8.14. The molecule has 2 aromatic carbocycles. The topological polar surface area (TPSA) is 45.5 Å². The molecule has 1 aliphatic heterocycles. The normalized spacial score (nSPS) is 20.5. The van der Waals surface area contributed by atoms with Crippen LogP contribution in [0.1, 0.15) is 33.4 Å². The predicted molar refractivity (Wildman–Crippen MR) is 94.0 cm³/mol. The van der Waals surface area contributed by atoms with Gasteiger partial charge in [0.25, 0.3) is 5.91 Å². The van der Waals surface area contributed by atoms with E-state index in [0.29, 0.717) is 5.56 Å². The van der Waals surface area contributed by atoms with Gasteiger partial charge in [-0.1, -0.05) is 36.4 Å². The number of likely N-dealkylation sites (N-methyl/N-ethyl adjacent to an activating group) is 1. The van der Waals surface area contributed by atoms with Gasteiger partial charge in [-0.05, 0) is 17.7 Å². The van der Waals surface area contributed by atoms with Crippen molar-refractivity contribution in [3.63, 3.8) is 0 Å². The summed E-state index contributed by atoms with van der Waals surface area (Å²) in [6.45, 7) is 0.00250. The van der Waals surface area contributed by atoms with Crippen molar-refractivity contribution in [2.24, 2.45) is 7.05 Å². The smallest absolute Gasteiger partial charge is 0.254 e. The van der Waals surface area contributed by atoms with Crippen LogP contribution in [0.5, 0.6) is 0 Å². The van der Waals surface area contributed by atoms with Crippen LogP contribution >= 0.6 is 0 Å². The first-order chi connectivity index (χ1) is 11.6. The van der Waals surface area contributed by atoms with Crippen molar-refractivity contribution in [3.8, 4) is 0 Å². The lowest BCUT2D eigenvalue weighted by Gasteiger charge is -2.39. The van der Waals surface area contributed by atoms with Gasteiger partial charge in [-0.25, -0.2) is 0 Å². The molecule has 4 heteroatoms. The Hall–Kier alpha value is -2.59. The number of hydrogen-bond acceptors (Lipinski definition) is 2. The second-order valence-corrected chi connectivity index (χ2v) is 6.45. The highest BCUT2D eigenvalue weighted by Gasteiger charge is 2.39. The zero-order chi connectivity index (χ0) is 16.8. The molecule has 0 bridgehead atoms. The second kappa shape index (κ2) is 5.49. The number of aliphatic hydroxyl groups excluding tert-OH is 1. The number of aliphatic hydroxyl groups is 1. The summed E-state index contributed by atoms with van der Waals surface area (Å²) in [4.78, 5) is 14.6. The van der Waals surface area contributed by atoms with Gasteiger partial charge in [-0.2, -0.15) is 0 Å². The molecule has 122 valence electrons. The fourth-order valence-corrected chi connectivity index (χ4v) is 4.00. The number of aromatic nitrogens is 1. The fraction of sp³-hybridized carbons (Fsp3) is 0.250. The number of amides is 1. The molecule has 0 fully saturated rings. The molecular weight excluding hydrogens is 300 g/mol. The van der Waals surface area contributed by atoms with Gasteiger partial charge in [0.05, 0.1) is 12.6 Å². The molecule has 4 rings (SSSR count). The fourth-order valence-electron chi connectivity index (χ4n) is 4.00. The maximum absolute atomic E-state index is 12.8. The summed E-state index contributed by atoms with van der Waals surface area (Å²) in [5.41, 5.74) is 3.83. The van der Waals surface area contributed by atoms with Crippen LogP contribution < -0.4 is 0 Å². The van der Waals surface area contributed by atoms with Crippen LogP contribution in [-0.4, -0.2) is 34.1 Å². The molecule has 0 unspecified atom stereocenters. The highest BCUT2D eigenvalue weighted by molar-refractivity contribution is 5.98. The van der Waals surface area contributed by atoms with E-state index in [2.05, 4.69) is 22.9 Å². The zero-order valence-electron chi connectivity index (χ0n) is 13.8. The molecule has 1 amide bonds. The Bertz CT molecular complexity index is 928. The molecule has 24 heavy (non-hydrogen) atoms. The van der Waals surface area contributed by atoms with Crippen LogP contribution in [0.25, 0.3) is 10.9 Å². The van der Waals surface area contributed by atoms with E-state index in [1.807, 2.05) is 50.5 Å². The van der Waals surface area contributed by atoms with Crippen molar-refractivity contribution in [1.82, 2.24) is 9.47 Å². The molecule has 0 spiro atoms. The number of fused-ring (bicyclic) bond motifs is 2. The van der Waals surface area contributed by atoms with Gasteiger partial charge >= 0.3 is 0 Å². The molecule has 2 heterocycles. The van der Waals surface area contributed by atoms with Gasteiger partial charge in [0, 0.05) is 48.2 Å². The van der Waals surface area contributed by atoms with Crippen molar-refractivity contribution in [3.05, 3.63) is 71.4 Å². The first kappa shape index (κ1) is 15.0. The second-order valence-electron chi connectivity index (χ2n) is 6.45. The van der Waals surface area contributed by atoms with E-state index in [-0.39, 0.29) is 24.5 Å². The van der Waals surface area contributed by atoms with Crippen molar-refractivity contribution < 1.29 is 9.90 Å². The van der Waals surface area contributed by atoms with E-state index >= 15 is 0 Å². The minimum atomic E-state index is -0.177. The molecular formula is C20H20N2O2. The molecule has 1 aromatic heterocycles. The molecule has 2 atom stereocenters. The molecule has 0 radical (unpaired) electrons. The molecule has 0 saturated heterocycles. The summed E-state index contributed by atoms with van der Waals surface area (Å²) in [6.07, 6.45) is 2.08. The summed E-state index contributed by atoms with van der Waals surface area (Å²) in [6, 6.07) is 15.6. The van der Waals surface area contributed by atoms with Gasteiger partial charge in [-0.15, -0.1) is 0 Å². The third-order valence-corrected chi connectivity index (χ3v) is 5.15. The maximum atomic E-state index is 12.8. The third kappa shape index (κ3) is 2.00. The van der Waals surface area contributed by atoms with Crippen LogP contribution in [-0.2, 0) is 7.05 Å². The summed E-state index contributed by atoms with van der Waals surface area (Å²) in [7, 11) is 3.84. The molecule has 0 saturated carbocycles. The van der Waals surface area contributed by atoms with Crippen LogP contribution in [0, 0.1) is 0 Å². The average Bonchev–Trinajstić information content (AvgIpc) is 2.95. The Balaban J connectivity index is 1.95. The van der Waals surface area contributed by atoms with Crippen molar-refractivity contribution in [2.45, 2.75) is 12.0 Å².